The van der Waals surface area contributed by atoms with Gasteiger partial charge in [0.05, 0.1) is 0 Å². The van der Waals surface area contributed by atoms with Crippen molar-refractivity contribution in [2.24, 2.45) is 10.8 Å². The second-order valence-corrected chi connectivity index (χ2v) is 4.02. The van der Waals surface area contributed by atoms with Crippen molar-refractivity contribution in [3.63, 3.8) is 0 Å². The van der Waals surface area contributed by atoms with Gasteiger partial charge in [0, 0.05) is 5.41 Å². The molecule has 0 N–H and O–H groups in total. The molecule has 0 unspecified atom stereocenters. The van der Waals surface area contributed by atoms with Crippen molar-refractivity contribution in [2.75, 3.05) is 0 Å². The second-order valence-electron chi connectivity index (χ2n) is 4.02. The zero-order valence-corrected chi connectivity index (χ0v) is 7.08. The molecule has 0 spiro atoms. The predicted octanol–water partition coefficient (Wildman–Crippen LogP) is 2.69. The molecule has 0 aliphatic rings. The highest BCUT2D eigenvalue weighted by Crippen LogP contribution is 2.36. The predicted molar refractivity (Wildman–Crippen MR) is 42.1 cm³/mol. The van der Waals surface area contributed by atoms with Gasteiger partial charge in [-0.2, -0.15) is 0 Å². The van der Waals surface area contributed by atoms with Crippen LogP contribution in [0.1, 0.15) is 34.6 Å². The highest BCUT2D eigenvalue weighted by Gasteiger charge is 2.30. The van der Waals surface area contributed by atoms with E-state index in [1.54, 1.807) is 0 Å². The highest BCUT2D eigenvalue weighted by atomic mass is 14.3. The molecule has 0 heterocycles. The number of hydrogen-bond acceptors (Lipinski definition) is 0. The fraction of sp³-hybridized carbons (Fsp3) is 0.778. The maximum Gasteiger partial charge on any atom is 0.0304 e. The van der Waals surface area contributed by atoms with Crippen LogP contribution in [0, 0.1) is 23.2 Å². The lowest BCUT2D eigenvalue weighted by atomic mass is 9.70. The van der Waals surface area contributed by atoms with E-state index in [1.807, 2.05) is 0 Å². The van der Waals surface area contributed by atoms with Gasteiger partial charge in [-0.05, 0) is 19.3 Å². The van der Waals surface area contributed by atoms with Crippen molar-refractivity contribution in [3.05, 3.63) is 0 Å². The fourth-order valence-electron chi connectivity index (χ4n) is 0.217. The van der Waals surface area contributed by atoms with E-state index in [-0.39, 0.29) is 10.8 Å². The molecule has 0 saturated carbocycles. The van der Waals surface area contributed by atoms with Crippen LogP contribution in [0.5, 0.6) is 0 Å². The van der Waals surface area contributed by atoms with Crippen LogP contribution >= 0.6 is 0 Å². The first-order valence-electron chi connectivity index (χ1n) is 3.29. The van der Waals surface area contributed by atoms with Crippen LogP contribution in [0.3, 0.4) is 0 Å². The molecular weight excluding hydrogens is 108 g/mol. The Hall–Kier alpha value is -0.440. The SMILES string of the molecule is C#CC(C)(C)C(C)(C)C. The van der Waals surface area contributed by atoms with Crippen LogP contribution < -0.4 is 0 Å². The first-order valence-corrected chi connectivity index (χ1v) is 3.29. The van der Waals surface area contributed by atoms with E-state index in [4.69, 9.17) is 6.42 Å². The van der Waals surface area contributed by atoms with Gasteiger partial charge in [-0.15, -0.1) is 6.42 Å². The van der Waals surface area contributed by atoms with Crippen molar-refractivity contribution in [1.82, 2.24) is 0 Å². The summed E-state index contributed by atoms with van der Waals surface area (Å²) in [6, 6.07) is 0. The van der Waals surface area contributed by atoms with Crippen LogP contribution in [-0.4, -0.2) is 0 Å². The minimum absolute atomic E-state index is 0.00694. The third-order valence-corrected chi connectivity index (χ3v) is 2.24. The summed E-state index contributed by atoms with van der Waals surface area (Å²) >= 11 is 0. The Balaban J connectivity index is 4.39. The van der Waals surface area contributed by atoms with Crippen molar-refractivity contribution in [2.45, 2.75) is 34.6 Å². The Bertz CT molecular complexity index is 127. The number of hydrogen-bond donors (Lipinski definition) is 0. The maximum absolute atomic E-state index is 5.34. The molecule has 0 aliphatic carbocycles. The van der Waals surface area contributed by atoms with E-state index in [0.717, 1.165) is 0 Å². The van der Waals surface area contributed by atoms with Crippen molar-refractivity contribution in [3.8, 4) is 12.3 Å². The smallest absolute Gasteiger partial charge is 0.0304 e. The van der Waals surface area contributed by atoms with Gasteiger partial charge >= 0.3 is 0 Å². The summed E-state index contributed by atoms with van der Waals surface area (Å²) in [7, 11) is 0. The van der Waals surface area contributed by atoms with E-state index in [2.05, 4.69) is 40.5 Å². The van der Waals surface area contributed by atoms with Crippen LogP contribution in [0.4, 0.5) is 0 Å². The van der Waals surface area contributed by atoms with E-state index < -0.39 is 0 Å². The molecule has 0 fully saturated rings. The first-order chi connectivity index (χ1) is 3.81. The zero-order valence-electron chi connectivity index (χ0n) is 7.08. The van der Waals surface area contributed by atoms with Gasteiger partial charge in [0.1, 0.15) is 0 Å². The summed E-state index contributed by atoms with van der Waals surface area (Å²) in [5, 5.41) is 0. The summed E-state index contributed by atoms with van der Waals surface area (Å²) in [4.78, 5) is 0. The third-order valence-electron chi connectivity index (χ3n) is 2.24. The number of terminal acetylenes is 1. The van der Waals surface area contributed by atoms with Crippen molar-refractivity contribution in [1.29, 1.82) is 0 Å². The molecule has 0 amide bonds. The monoisotopic (exact) mass is 124 g/mol. The average Bonchev–Trinajstić information content (AvgIpc) is 1.64. The minimum Gasteiger partial charge on any atom is -0.120 e. The highest BCUT2D eigenvalue weighted by molar-refractivity contribution is 5.06. The lowest BCUT2D eigenvalue weighted by Crippen LogP contribution is -2.27. The maximum atomic E-state index is 5.34. The molecule has 0 rings (SSSR count). The van der Waals surface area contributed by atoms with Crippen LogP contribution in [0.25, 0.3) is 0 Å². The molecule has 0 saturated heterocycles. The van der Waals surface area contributed by atoms with Gasteiger partial charge in [-0.25, -0.2) is 0 Å². The third kappa shape index (κ3) is 1.75. The Morgan fingerprint density at radius 3 is 1.33 bits per heavy atom. The van der Waals surface area contributed by atoms with Gasteiger partial charge in [-0.3, -0.25) is 0 Å². The summed E-state index contributed by atoms with van der Waals surface area (Å²) in [6.45, 7) is 10.7. The van der Waals surface area contributed by atoms with E-state index in [9.17, 15) is 0 Å². The summed E-state index contributed by atoms with van der Waals surface area (Å²) in [5.41, 5.74) is 0.217. The van der Waals surface area contributed by atoms with E-state index >= 15 is 0 Å². The number of rotatable bonds is 0. The molecule has 9 heavy (non-hydrogen) atoms. The van der Waals surface area contributed by atoms with Gasteiger partial charge in [0.2, 0.25) is 0 Å². The molecule has 0 aliphatic heterocycles. The molecule has 0 aromatic rings. The van der Waals surface area contributed by atoms with Crippen molar-refractivity contribution < 1.29 is 0 Å². The average molecular weight is 124 g/mol. The van der Waals surface area contributed by atoms with Gasteiger partial charge < -0.3 is 0 Å². The molecule has 0 bridgehead atoms. The second kappa shape index (κ2) is 2.06. The standard InChI is InChI=1S/C9H16/c1-7-9(5,6)8(2,3)4/h1H,2-6H3. The summed E-state index contributed by atoms with van der Waals surface area (Å²) in [5.74, 6) is 2.78. The van der Waals surface area contributed by atoms with Crippen LogP contribution in [0.2, 0.25) is 0 Å². The molecule has 0 atom stereocenters. The molecule has 0 nitrogen and oxygen atoms in total. The largest absolute Gasteiger partial charge is 0.120 e. The molecule has 0 radical (unpaired) electrons. The van der Waals surface area contributed by atoms with Crippen LogP contribution in [0.15, 0.2) is 0 Å². The quantitative estimate of drug-likeness (QED) is 0.435. The lowest BCUT2D eigenvalue weighted by molar-refractivity contribution is 0.205. The fourth-order valence-corrected chi connectivity index (χ4v) is 0.217. The Kier molecular flexibility index (Phi) is 1.96. The van der Waals surface area contributed by atoms with Gasteiger partial charge in [0.25, 0.3) is 0 Å². The van der Waals surface area contributed by atoms with Gasteiger partial charge in [0.15, 0.2) is 0 Å². The Labute approximate surface area is 58.7 Å². The van der Waals surface area contributed by atoms with Crippen molar-refractivity contribution >= 4 is 0 Å². The first kappa shape index (κ1) is 8.56. The summed E-state index contributed by atoms with van der Waals surface area (Å²) < 4.78 is 0. The topological polar surface area (TPSA) is 0 Å². The van der Waals surface area contributed by atoms with Crippen LogP contribution in [-0.2, 0) is 0 Å². The lowest BCUT2D eigenvalue weighted by Gasteiger charge is -2.33. The van der Waals surface area contributed by atoms with Gasteiger partial charge in [-0.1, -0.05) is 26.7 Å². The normalized spacial score (nSPS) is 12.9. The molecular formula is C9H16. The molecule has 0 aromatic heterocycles. The molecule has 52 valence electrons. The minimum atomic E-state index is 0.00694. The Morgan fingerprint density at radius 1 is 1.00 bits per heavy atom. The Morgan fingerprint density at radius 2 is 1.33 bits per heavy atom. The molecule has 0 heteroatoms. The summed E-state index contributed by atoms with van der Waals surface area (Å²) in [6.07, 6.45) is 5.34. The van der Waals surface area contributed by atoms with E-state index in [0.29, 0.717) is 0 Å². The molecule has 0 aromatic carbocycles. The zero-order chi connectivity index (χ0) is 7.71. The van der Waals surface area contributed by atoms with E-state index in [1.165, 1.54) is 0 Å².